The molecule has 0 spiro atoms. The van der Waals surface area contributed by atoms with Crippen molar-refractivity contribution in [2.24, 2.45) is 0 Å². The lowest BCUT2D eigenvalue weighted by Crippen LogP contribution is -2.14. The van der Waals surface area contributed by atoms with Gasteiger partial charge in [0, 0.05) is 34.1 Å². The highest BCUT2D eigenvalue weighted by Gasteiger charge is 2.13. The van der Waals surface area contributed by atoms with Crippen LogP contribution in [0.15, 0.2) is 79.3 Å². The Bertz CT molecular complexity index is 1380. The van der Waals surface area contributed by atoms with Gasteiger partial charge in [0.15, 0.2) is 5.65 Å². The van der Waals surface area contributed by atoms with Crippen molar-refractivity contribution in [1.29, 1.82) is 0 Å². The molecule has 2 aromatic carbocycles. The van der Waals surface area contributed by atoms with Gasteiger partial charge in [-0.25, -0.2) is 9.50 Å². The molecule has 7 heteroatoms. The van der Waals surface area contributed by atoms with Gasteiger partial charge in [-0.1, -0.05) is 29.8 Å². The number of nitrogens with zero attached hydrogens (tertiary/aromatic N) is 4. The van der Waals surface area contributed by atoms with Gasteiger partial charge in [-0.3, -0.25) is 9.78 Å². The Balaban J connectivity index is 1.49. The molecule has 0 bridgehead atoms. The van der Waals surface area contributed by atoms with Crippen LogP contribution >= 0.6 is 11.6 Å². The van der Waals surface area contributed by atoms with E-state index in [4.69, 9.17) is 11.6 Å². The van der Waals surface area contributed by atoms with Crippen molar-refractivity contribution in [1.82, 2.24) is 19.6 Å². The molecule has 6 nitrogen and oxygen atoms in total. The lowest BCUT2D eigenvalue weighted by molar-refractivity contribution is 0.102. The van der Waals surface area contributed by atoms with E-state index in [1.165, 1.54) is 0 Å². The largest absolute Gasteiger partial charge is 0.321 e. The van der Waals surface area contributed by atoms with E-state index in [0.717, 1.165) is 22.0 Å². The smallest absolute Gasteiger partial charge is 0.274 e. The summed E-state index contributed by atoms with van der Waals surface area (Å²) in [6.45, 7) is 0. The minimum atomic E-state index is -0.297. The molecule has 0 unspecified atom stereocenters. The third kappa shape index (κ3) is 3.30. The van der Waals surface area contributed by atoms with Crippen molar-refractivity contribution >= 4 is 39.7 Å². The van der Waals surface area contributed by atoms with Crippen LogP contribution in [-0.2, 0) is 0 Å². The molecule has 29 heavy (non-hydrogen) atoms. The number of hydrogen-bond acceptors (Lipinski definition) is 4. The third-order valence-corrected chi connectivity index (χ3v) is 4.83. The summed E-state index contributed by atoms with van der Waals surface area (Å²) in [5.74, 6) is -0.297. The zero-order valence-corrected chi connectivity index (χ0v) is 15.8. The summed E-state index contributed by atoms with van der Waals surface area (Å²) in [6, 6.07) is 18.5. The molecule has 5 aromatic rings. The maximum absolute atomic E-state index is 12.8. The SMILES string of the molecule is O=C(Nc1ccc2ncccc2c1)c1ccn2ncc(-c3cccc(Cl)c3)c2n1. The first-order chi connectivity index (χ1) is 14.2. The maximum atomic E-state index is 12.8. The van der Waals surface area contributed by atoms with E-state index >= 15 is 0 Å². The predicted molar refractivity (Wildman–Crippen MR) is 113 cm³/mol. The molecule has 0 fully saturated rings. The molecular formula is C22H14ClN5O. The molecule has 3 heterocycles. The lowest BCUT2D eigenvalue weighted by atomic mass is 10.1. The first-order valence-electron chi connectivity index (χ1n) is 8.94. The standard InChI is InChI=1S/C22H14ClN5O/c23-16-5-1-3-14(11-16)18-13-25-28-10-8-20(27-21(18)28)22(29)26-17-6-7-19-15(12-17)4-2-9-24-19/h1-13H,(H,26,29). The molecule has 5 rings (SSSR count). The van der Waals surface area contributed by atoms with Gasteiger partial charge in [0.1, 0.15) is 5.69 Å². The fraction of sp³-hybridized carbons (Fsp3) is 0. The molecule has 3 aromatic heterocycles. The normalized spacial score (nSPS) is 11.1. The number of carbonyl (C=O) groups excluding carboxylic acids is 1. The number of anilines is 1. The number of pyridine rings is 1. The van der Waals surface area contributed by atoms with E-state index in [0.29, 0.717) is 22.1 Å². The first-order valence-corrected chi connectivity index (χ1v) is 9.32. The van der Waals surface area contributed by atoms with Gasteiger partial charge >= 0.3 is 0 Å². The van der Waals surface area contributed by atoms with Gasteiger partial charge in [0.25, 0.3) is 5.91 Å². The lowest BCUT2D eigenvalue weighted by Gasteiger charge is -2.07. The molecule has 1 amide bonds. The number of amides is 1. The molecule has 0 aliphatic rings. The topological polar surface area (TPSA) is 72.2 Å². The summed E-state index contributed by atoms with van der Waals surface area (Å²) in [6.07, 6.45) is 5.17. The fourth-order valence-electron chi connectivity index (χ4n) is 3.20. The number of carbonyl (C=O) groups is 1. The van der Waals surface area contributed by atoms with Crippen molar-refractivity contribution in [2.45, 2.75) is 0 Å². The van der Waals surface area contributed by atoms with E-state index in [-0.39, 0.29) is 5.91 Å². The Labute approximate surface area is 170 Å². The average Bonchev–Trinajstić information content (AvgIpc) is 3.17. The number of hydrogen-bond donors (Lipinski definition) is 1. The highest BCUT2D eigenvalue weighted by atomic mass is 35.5. The average molecular weight is 400 g/mol. The third-order valence-electron chi connectivity index (χ3n) is 4.60. The molecule has 0 aliphatic heterocycles. The maximum Gasteiger partial charge on any atom is 0.274 e. The fourth-order valence-corrected chi connectivity index (χ4v) is 3.39. The van der Waals surface area contributed by atoms with Gasteiger partial charge in [-0.05, 0) is 48.0 Å². The van der Waals surface area contributed by atoms with E-state index in [1.54, 1.807) is 29.2 Å². The Morgan fingerprint density at radius 2 is 1.97 bits per heavy atom. The molecule has 140 valence electrons. The van der Waals surface area contributed by atoms with Gasteiger partial charge < -0.3 is 5.32 Å². The highest BCUT2D eigenvalue weighted by molar-refractivity contribution is 6.30. The van der Waals surface area contributed by atoms with Gasteiger partial charge in [-0.15, -0.1) is 0 Å². The summed E-state index contributed by atoms with van der Waals surface area (Å²) >= 11 is 6.11. The van der Waals surface area contributed by atoms with Crippen molar-refractivity contribution in [2.75, 3.05) is 5.32 Å². The minimum Gasteiger partial charge on any atom is -0.321 e. The van der Waals surface area contributed by atoms with Crippen LogP contribution in [0.4, 0.5) is 5.69 Å². The summed E-state index contributed by atoms with van der Waals surface area (Å²) in [5.41, 5.74) is 4.13. The second-order valence-electron chi connectivity index (χ2n) is 6.51. The Hall–Kier alpha value is -3.77. The van der Waals surface area contributed by atoms with Crippen LogP contribution < -0.4 is 5.32 Å². The number of halogens is 1. The van der Waals surface area contributed by atoms with Crippen molar-refractivity contribution < 1.29 is 4.79 Å². The van der Waals surface area contributed by atoms with Crippen LogP contribution in [0.2, 0.25) is 5.02 Å². The van der Waals surface area contributed by atoms with E-state index in [9.17, 15) is 4.79 Å². The number of nitrogens with one attached hydrogen (secondary N) is 1. The van der Waals surface area contributed by atoms with Crippen molar-refractivity contribution in [3.8, 4) is 11.1 Å². The highest BCUT2D eigenvalue weighted by Crippen LogP contribution is 2.26. The molecular weight excluding hydrogens is 386 g/mol. The summed E-state index contributed by atoms with van der Waals surface area (Å²) in [4.78, 5) is 21.6. The Kier molecular flexibility index (Phi) is 4.18. The van der Waals surface area contributed by atoms with Crippen LogP contribution in [0, 0.1) is 0 Å². The van der Waals surface area contributed by atoms with Crippen molar-refractivity contribution in [3.63, 3.8) is 0 Å². The minimum absolute atomic E-state index is 0.297. The number of rotatable bonds is 3. The summed E-state index contributed by atoms with van der Waals surface area (Å²) < 4.78 is 1.63. The van der Waals surface area contributed by atoms with Crippen LogP contribution in [-0.4, -0.2) is 25.5 Å². The van der Waals surface area contributed by atoms with E-state index in [1.807, 2.05) is 54.6 Å². The Morgan fingerprint density at radius 1 is 1.03 bits per heavy atom. The molecule has 0 saturated heterocycles. The van der Waals surface area contributed by atoms with Crippen LogP contribution in [0.25, 0.3) is 27.7 Å². The van der Waals surface area contributed by atoms with E-state index in [2.05, 4.69) is 20.4 Å². The monoisotopic (exact) mass is 399 g/mol. The first kappa shape index (κ1) is 17.3. The second kappa shape index (κ2) is 7.00. The molecule has 1 N–H and O–H groups in total. The zero-order valence-electron chi connectivity index (χ0n) is 15.1. The van der Waals surface area contributed by atoms with Gasteiger partial charge in [0.2, 0.25) is 0 Å². The summed E-state index contributed by atoms with van der Waals surface area (Å²) in [5, 5.41) is 8.79. The van der Waals surface area contributed by atoms with Gasteiger partial charge in [-0.2, -0.15) is 5.10 Å². The number of benzene rings is 2. The molecule has 0 atom stereocenters. The van der Waals surface area contributed by atoms with Crippen LogP contribution in [0.5, 0.6) is 0 Å². The second-order valence-corrected chi connectivity index (χ2v) is 6.95. The van der Waals surface area contributed by atoms with Crippen LogP contribution in [0.3, 0.4) is 0 Å². The van der Waals surface area contributed by atoms with Gasteiger partial charge in [0.05, 0.1) is 11.7 Å². The van der Waals surface area contributed by atoms with Crippen molar-refractivity contribution in [3.05, 3.63) is 90.0 Å². The number of fused-ring (bicyclic) bond motifs is 2. The predicted octanol–water partition coefficient (Wildman–Crippen LogP) is 4.85. The van der Waals surface area contributed by atoms with E-state index < -0.39 is 0 Å². The molecule has 0 radical (unpaired) electrons. The Morgan fingerprint density at radius 3 is 2.86 bits per heavy atom. The van der Waals surface area contributed by atoms with Crippen LogP contribution in [0.1, 0.15) is 10.5 Å². The summed E-state index contributed by atoms with van der Waals surface area (Å²) in [7, 11) is 0. The molecule has 0 saturated carbocycles. The zero-order chi connectivity index (χ0) is 19.8. The number of aromatic nitrogens is 4. The molecule has 0 aliphatic carbocycles. The quantitative estimate of drug-likeness (QED) is 0.470.